The van der Waals surface area contributed by atoms with Gasteiger partial charge in [-0.2, -0.15) is 0 Å². The van der Waals surface area contributed by atoms with Gasteiger partial charge in [-0.3, -0.25) is 0 Å². The van der Waals surface area contributed by atoms with Gasteiger partial charge in [0.15, 0.2) is 5.11 Å². The fourth-order valence-corrected chi connectivity index (χ4v) is 4.56. The van der Waals surface area contributed by atoms with Gasteiger partial charge < -0.3 is 15.4 Å². The van der Waals surface area contributed by atoms with Crippen LogP contribution in [-0.4, -0.2) is 17.7 Å². The van der Waals surface area contributed by atoms with Crippen molar-refractivity contribution in [3.8, 4) is 0 Å². The predicted octanol–water partition coefficient (Wildman–Crippen LogP) is 6.63. The number of thiophene rings is 1. The molecule has 3 rings (SSSR count). The zero-order chi connectivity index (χ0) is 20.8. The monoisotopic (exact) mass is 464 g/mol. The number of thiocarbonyl (C=S) groups is 1. The highest BCUT2D eigenvalue weighted by Crippen LogP contribution is 2.31. The van der Waals surface area contributed by atoms with E-state index in [9.17, 15) is 4.79 Å². The summed E-state index contributed by atoms with van der Waals surface area (Å²) in [5.41, 5.74) is 2.26. The fraction of sp³-hybridized carbons (Fsp3) is 0.143. The number of rotatable bonds is 6. The predicted molar refractivity (Wildman–Crippen MR) is 126 cm³/mol. The maximum Gasteiger partial charge on any atom is 0.341 e. The summed E-state index contributed by atoms with van der Waals surface area (Å²) in [5, 5.41) is 8.07. The number of halogens is 2. The Morgan fingerprint density at radius 1 is 1.07 bits per heavy atom. The summed E-state index contributed by atoms with van der Waals surface area (Å²) in [7, 11) is 0. The summed E-state index contributed by atoms with van der Waals surface area (Å²) in [6.45, 7) is 2.07. The van der Waals surface area contributed by atoms with E-state index in [0.29, 0.717) is 44.4 Å². The first-order chi connectivity index (χ1) is 13.9. The molecule has 0 unspecified atom stereocenters. The molecular weight excluding hydrogens is 447 g/mol. The van der Waals surface area contributed by atoms with Gasteiger partial charge in [0, 0.05) is 27.0 Å². The number of carbonyl (C=O) groups excluding carboxylic acids is 1. The molecule has 0 radical (unpaired) electrons. The number of hydrogen-bond acceptors (Lipinski definition) is 4. The first kappa shape index (κ1) is 21.6. The van der Waals surface area contributed by atoms with Crippen LogP contribution >= 0.6 is 46.8 Å². The van der Waals surface area contributed by atoms with E-state index in [4.69, 9.17) is 40.2 Å². The van der Waals surface area contributed by atoms with Crippen molar-refractivity contribution in [2.45, 2.75) is 13.3 Å². The Labute approximate surface area is 188 Å². The number of benzene rings is 2. The van der Waals surface area contributed by atoms with Crippen molar-refractivity contribution in [3.63, 3.8) is 0 Å². The minimum absolute atomic E-state index is 0.297. The van der Waals surface area contributed by atoms with Gasteiger partial charge in [0.05, 0.1) is 12.2 Å². The summed E-state index contributed by atoms with van der Waals surface area (Å²) < 4.78 is 5.19. The Hall–Kier alpha value is -2.12. The number of ether oxygens (including phenoxy) is 1. The van der Waals surface area contributed by atoms with Crippen LogP contribution in [0, 0.1) is 0 Å². The quantitative estimate of drug-likeness (QED) is 0.316. The smallest absolute Gasteiger partial charge is 0.341 e. The molecule has 0 atom stereocenters. The number of esters is 1. The van der Waals surface area contributed by atoms with E-state index in [1.165, 1.54) is 11.3 Å². The molecule has 0 saturated carbocycles. The van der Waals surface area contributed by atoms with Crippen LogP contribution in [0.3, 0.4) is 0 Å². The van der Waals surface area contributed by atoms with Crippen molar-refractivity contribution < 1.29 is 9.53 Å². The summed E-state index contributed by atoms with van der Waals surface area (Å²) in [6.07, 6.45) is 0.712. The zero-order valence-electron chi connectivity index (χ0n) is 15.5. The van der Waals surface area contributed by atoms with E-state index in [0.717, 1.165) is 10.4 Å². The average molecular weight is 465 g/mol. The summed E-state index contributed by atoms with van der Waals surface area (Å²) in [4.78, 5) is 13.4. The largest absolute Gasteiger partial charge is 0.462 e. The van der Waals surface area contributed by atoms with Crippen LogP contribution in [0.2, 0.25) is 10.0 Å². The lowest BCUT2D eigenvalue weighted by Gasteiger charge is -2.11. The minimum Gasteiger partial charge on any atom is -0.462 e. The summed E-state index contributed by atoms with van der Waals surface area (Å²) in [5.74, 6) is -0.390. The zero-order valence-corrected chi connectivity index (χ0v) is 18.6. The molecule has 0 saturated heterocycles. The number of carbonyl (C=O) groups is 1. The van der Waals surface area contributed by atoms with Gasteiger partial charge in [-0.15, -0.1) is 11.3 Å². The van der Waals surface area contributed by atoms with E-state index < -0.39 is 0 Å². The molecule has 8 heteroatoms. The van der Waals surface area contributed by atoms with Gasteiger partial charge in [-0.1, -0.05) is 53.5 Å². The first-order valence-electron chi connectivity index (χ1n) is 8.82. The standard InChI is InChI=1S/C21H18Cl2N2O2S2/c1-2-27-20(26)18-12-17(8-13-6-4-3-5-7-13)29-19(18)25-21(28)24-16-10-14(22)9-15(23)11-16/h3-7,9-12H,2,8H2,1H3,(H2,24,25,28). The molecule has 0 fully saturated rings. The average Bonchev–Trinajstić information content (AvgIpc) is 3.04. The lowest BCUT2D eigenvalue weighted by molar-refractivity contribution is 0.0528. The maximum atomic E-state index is 12.4. The highest BCUT2D eigenvalue weighted by atomic mass is 35.5. The molecule has 0 aliphatic carbocycles. The van der Waals surface area contributed by atoms with Crippen LogP contribution < -0.4 is 10.6 Å². The van der Waals surface area contributed by atoms with Gasteiger partial charge in [0.1, 0.15) is 5.00 Å². The van der Waals surface area contributed by atoms with Crippen LogP contribution in [-0.2, 0) is 11.2 Å². The van der Waals surface area contributed by atoms with Crippen molar-refractivity contribution >= 4 is 68.5 Å². The SMILES string of the molecule is CCOC(=O)c1cc(Cc2ccccc2)sc1NC(=S)Nc1cc(Cl)cc(Cl)c1. The number of anilines is 2. The third-order valence-electron chi connectivity index (χ3n) is 3.85. The number of nitrogens with one attached hydrogen (secondary N) is 2. The lowest BCUT2D eigenvalue weighted by atomic mass is 10.1. The second-order valence-corrected chi connectivity index (χ2v) is 8.49. The molecule has 2 aromatic carbocycles. The molecule has 0 bridgehead atoms. The van der Waals surface area contributed by atoms with Gasteiger partial charge in [0.2, 0.25) is 0 Å². The second-order valence-electron chi connectivity index (χ2n) is 6.08. The lowest BCUT2D eigenvalue weighted by Crippen LogP contribution is -2.20. The summed E-state index contributed by atoms with van der Waals surface area (Å²) >= 11 is 18.9. The van der Waals surface area contributed by atoms with Gasteiger partial charge in [0.25, 0.3) is 0 Å². The molecular formula is C21H18Cl2N2O2S2. The molecule has 1 aromatic heterocycles. The third-order valence-corrected chi connectivity index (χ3v) is 5.54. The normalized spacial score (nSPS) is 10.4. The van der Waals surface area contributed by atoms with Crippen molar-refractivity contribution in [2.75, 3.05) is 17.2 Å². The van der Waals surface area contributed by atoms with Crippen LogP contribution in [0.4, 0.5) is 10.7 Å². The van der Waals surface area contributed by atoms with Crippen molar-refractivity contribution in [1.82, 2.24) is 0 Å². The second kappa shape index (κ2) is 10.1. The Morgan fingerprint density at radius 3 is 2.41 bits per heavy atom. The first-order valence-corrected chi connectivity index (χ1v) is 10.8. The molecule has 29 heavy (non-hydrogen) atoms. The third kappa shape index (κ3) is 6.18. The Bertz CT molecular complexity index is 1000. The van der Waals surface area contributed by atoms with Crippen LogP contribution in [0.25, 0.3) is 0 Å². The van der Waals surface area contributed by atoms with E-state index in [-0.39, 0.29) is 5.97 Å². The van der Waals surface area contributed by atoms with Gasteiger partial charge in [-0.25, -0.2) is 4.79 Å². The molecule has 1 heterocycles. The van der Waals surface area contributed by atoms with Crippen molar-refractivity contribution in [3.05, 3.63) is 80.6 Å². The van der Waals surface area contributed by atoms with Gasteiger partial charge >= 0.3 is 5.97 Å². The van der Waals surface area contributed by atoms with Crippen LogP contribution in [0.5, 0.6) is 0 Å². The van der Waals surface area contributed by atoms with E-state index >= 15 is 0 Å². The van der Waals surface area contributed by atoms with Crippen molar-refractivity contribution in [2.24, 2.45) is 0 Å². The molecule has 0 spiro atoms. The van der Waals surface area contributed by atoms with Crippen molar-refractivity contribution in [1.29, 1.82) is 0 Å². The highest BCUT2D eigenvalue weighted by molar-refractivity contribution is 7.80. The molecule has 4 nitrogen and oxygen atoms in total. The summed E-state index contributed by atoms with van der Waals surface area (Å²) in [6, 6.07) is 17.0. The minimum atomic E-state index is -0.390. The topological polar surface area (TPSA) is 50.4 Å². The fourth-order valence-electron chi connectivity index (χ4n) is 2.67. The highest BCUT2D eigenvalue weighted by Gasteiger charge is 2.18. The molecule has 2 N–H and O–H groups in total. The van der Waals surface area contributed by atoms with Crippen LogP contribution in [0.1, 0.15) is 27.7 Å². The molecule has 0 aliphatic heterocycles. The molecule has 150 valence electrons. The maximum absolute atomic E-state index is 12.4. The molecule has 3 aromatic rings. The Morgan fingerprint density at radius 2 is 1.76 bits per heavy atom. The van der Waals surface area contributed by atoms with Gasteiger partial charge in [-0.05, 0) is 49.0 Å². The molecule has 0 amide bonds. The van der Waals surface area contributed by atoms with E-state index in [1.807, 2.05) is 36.4 Å². The van der Waals surface area contributed by atoms with E-state index in [1.54, 1.807) is 25.1 Å². The van der Waals surface area contributed by atoms with Crippen LogP contribution in [0.15, 0.2) is 54.6 Å². The van der Waals surface area contributed by atoms with E-state index in [2.05, 4.69) is 10.6 Å². The Kier molecular flexibility index (Phi) is 7.50. The Balaban J connectivity index is 1.80. The molecule has 0 aliphatic rings. The number of hydrogen-bond donors (Lipinski definition) is 2.